The number of furan rings is 1. The molecule has 3 nitrogen and oxygen atoms in total. The summed E-state index contributed by atoms with van der Waals surface area (Å²) in [6.45, 7) is 0. The molecule has 0 aliphatic rings. The van der Waals surface area contributed by atoms with E-state index in [1.165, 1.54) is 36.9 Å². The molecule has 9 rings (SSSR count). The molecule has 0 saturated carbocycles. The Hall–Kier alpha value is -4.89. The fourth-order valence-corrected chi connectivity index (χ4v) is 8.39. The molecule has 4 heterocycles. The first-order valence-corrected chi connectivity index (χ1v) is 15.4. The summed E-state index contributed by atoms with van der Waals surface area (Å²) >= 11 is 0.160. The van der Waals surface area contributed by atoms with Crippen LogP contribution in [-0.2, 0) is 0 Å². The molecular formula is C37H22N2OSe. The van der Waals surface area contributed by atoms with Crippen molar-refractivity contribution in [2.75, 3.05) is 0 Å². The average molecular weight is 590 g/mol. The van der Waals surface area contributed by atoms with E-state index in [-0.39, 0.29) is 14.5 Å². The fourth-order valence-electron chi connectivity index (χ4n) is 6.16. The van der Waals surface area contributed by atoms with Crippen molar-refractivity contribution >= 4 is 66.8 Å². The van der Waals surface area contributed by atoms with Crippen LogP contribution in [0, 0.1) is 0 Å². The van der Waals surface area contributed by atoms with Crippen molar-refractivity contribution in [3.8, 4) is 28.2 Å². The minimum absolute atomic E-state index is 0.160. The molecular weight excluding hydrogens is 567 g/mol. The molecule has 0 fully saturated rings. The molecule has 0 unspecified atom stereocenters. The third-order valence-electron chi connectivity index (χ3n) is 8.05. The van der Waals surface area contributed by atoms with Crippen LogP contribution in [0.2, 0.25) is 0 Å². The van der Waals surface area contributed by atoms with E-state index in [2.05, 4.69) is 138 Å². The van der Waals surface area contributed by atoms with Crippen LogP contribution in [-0.4, -0.2) is 24.1 Å². The van der Waals surface area contributed by atoms with Crippen molar-refractivity contribution in [3.63, 3.8) is 0 Å². The van der Waals surface area contributed by atoms with Crippen molar-refractivity contribution in [1.82, 2.24) is 9.55 Å². The van der Waals surface area contributed by atoms with Crippen LogP contribution >= 0.6 is 0 Å². The third kappa shape index (κ3) is 3.48. The van der Waals surface area contributed by atoms with Crippen LogP contribution in [0.4, 0.5) is 0 Å². The topological polar surface area (TPSA) is 31.0 Å². The number of para-hydroxylation sites is 2. The Balaban J connectivity index is 1.23. The van der Waals surface area contributed by atoms with Gasteiger partial charge in [-0.25, -0.2) is 0 Å². The first-order chi connectivity index (χ1) is 20.3. The van der Waals surface area contributed by atoms with Gasteiger partial charge in [0.25, 0.3) is 0 Å². The van der Waals surface area contributed by atoms with E-state index < -0.39 is 0 Å². The van der Waals surface area contributed by atoms with Crippen LogP contribution in [0.1, 0.15) is 0 Å². The molecule has 192 valence electrons. The quantitative estimate of drug-likeness (QED) is 0.192. The number of benzene rings is 5. The van der Waals surface area contributed by atoms with E-state index in [1.807, 2.05) is 0 Å². The number of hydrogen-bond acceptors (Lipinski definition) is 2. The molecule has 0 bridgehead atoms. The van der Waals surface area contributed by atoms with E-state index in [4.69, 9.17) is 9.40 Å². The molecule has 4 aromatic heterocycles. The Labute approximate surface area is 241 Å². The molecule has 0 amide bonds. The predicted molar refractivity (Wildman–Crippen MR) is 171 cm³/mol. The van der Waals surface area contributed by atoms with Crippen LogP contribution in [0.25, 0.3) is 80.5 Å². The second kappa shape index (κ2) is 8.81. The number of hydrogen-bond donors (Lipinski definition) is 0. The van der Waals surface area contributed by atoms with Crippen LogP contribution in [0.15, 0.2) is 138 Å². The zero-order chi connectivity index (χ0) is 26.9. The molecule has 0 N–H and O–H groups in total. The minimum atomic E-state index is 0.160. The van der Waals surface area contributed by atoms with Crippen molar-refractivity contribution in [3.05, 3.63) is 133 Å². The molecule has 0 saturated heterocycles. The summed E-state index contributed by atoms with van der Waals surface area (Å²) in [6, 6.07) is 47.4. The first kappa shape index (κ1) is 22.9. The Morgan fingerprint density at radius 3 is 2.05 bits per heavy atom. The van der Waals surface area contributed by atoms with Gasteiger partial charge in [-0.05, 0) is 0 Å². The monoisotopic (exact) mass is 590 g/mol. The Morgan fingerprint density at radius 1 is 0.537 bits per heavy atom. The zero-order valence-electron chi connectivity index (χ0n) is 21.9. The summed E-state index contributed by atoms with van der Waals surface area (Å²) in [6.07, 6.45) is 0. The molecule has 0 atom stereocenters. The molecule has 0 spiro atoms. The first-order valence-electron chi connectivity index (χ1n) is 13.7. The van der Waals surface area contributed by atoms with Gasteiger partial charge in [0.15, 0.2) is 0 Å². The average Bonchev–Trinajstić information content (AvgIpc) is 3.69. The maximum absolute atomic E-state index is 6.41. The van der Waals surface area contributed by atoms with E-state index in [0.717, 1.165) is 43.5 Å². The van der Waals surface area contributed by atoms with Crippen LogP contribution < -0.4 is 0 Å². The van der Waals surface area contributed by atoms with Crippen LogP contribution in [0.3, 0.4) is 0 Å². The summed E-state index contributed by atoms with van der Waals surface area (Å²) < 4.78 is 11.2. The number of pyridine rings is 1. The Bertz CT molecular complexity index is 2370. The van der Waals surface area contributed by atoms with Crippen molar-refractivity contribution < 1.29 is 4.42 Å². The Morgan fingerprint density at radius 2 is 1.24 bits per heavy atom. The Kier molecular flexibility index (Phi) is 4.91. The van der Waals surface area contributed by atoms with Gasteiger partial charge in [0.05, 0.1) is 0 Å². The summed E-state index contributed by atoms with van der Waals surface area (Å²) in [5.41, 5.74) is 7.76. The third-order valence-corrected chi connectivity index (χ3v) is 10.3. The van der Waals surface area contributed by atoms with E-state index in [1.54, 1.807) is 0 Å². The van der Waals surface area contributed by atoms with Crippen molar-refractivity contribution in [2.24, 2.45) is 0 Å². The fraction of sp³-hybridized carbons (Fsp3) is 0. The SMILES string of the molecule is c1ccc(-c2ccc3[se]c4oc5ccc(-c6cccc(-n7c8ccccc8c8ccccc87)n6)cc5c4c3c2)cc1. The molecule has 9 aromatic rings. The second-order valence-electron chi connectivity index (χ2n) is 10.4. The molecule has 0 radical (unpaired) electrons. The van der Waals surface area contributed by atoms with Gasteiger partial charge in [-0.15, -0.1) is 0 Å². The van der Waals surface area contributed by atoms with E-state index in [9.17, 15) is 0 Å². The van der Waals surface area contributed by atoms with Gasteiger partial charge in [0.1, 0.15) is 0 Å². The summed E-state index contributed by atoms with van der Waals surface area (Å²) in [5, 5.41) is 6.17. The van der Waals surface area contributed by atoms with Gasteiger partial charge in [-0.1, -0.05) is 12.1 Å². The summed E-state index contributed by atoms with van der Waals surface area (Å²) in [4.78, 5) is 5.20. The van der Waals surface area contributed by atoms with E-state index >= 15 is 0 Å². The van der Waals surface area contributed by atoms with Gasteiger partial charge in [0, 0.05) is 0 Å². The van der Waals surface area contributed by atoms with Gasteiger partial charge >= 0.3 is 230 Å². The standard InChI is InChI=1S/C37H22N2OSe/c1-2-9-23(10-3-1)24-18-20-34-29(21-24)36-28-22-25(17-19-33(28)40-37(36)41-34)30-13-8-16-35(38-30)39-31-14-6-4-11-26(31)27-12-5-7-15-32(27)39/h1-22H. The van der Waals surface area contributed by atoms with Crippen LogP contribution in [0.5, 0.6) is 0 Å². The molecule has 4 heteroatoms. The molecule has 5 aromatic carbocycles. The normalized spacial score (nSPS) is 11.9. The maximum atomic E-state index is 6.41. The van der Waals surface area contributed by atoms with Crippen molar-refractivity contribution in [1.29, 1.82) is 0 Å². The zero-order valence-corrected chi connectivity index (χ0v) is 23.6. The van der Waals surface area contributed by atoms with Gasteiger partial charge < -0.3 is 0 Å². The number of nitrogens with zero attached hydrogens (tertiary/aromatic N) is 2. The number of fused-ring (bicyclic) bond motifs is 8. The summed E-state index contributed by atoms with van der Waals surface area (Å²) in [5.74, 6) is 0.915. The molecule has 0 aliphatic carbocycles. The van der Waals surface area contributed by atoms with Gasteiger partial charge in [-0.2, -0.15) is 0 Å². The van der Waals surface area contributed by atoms with Crippen molar-refractivity contribution in [2.45, 2.75) is 0 Å². The summed E-state index contributed by atoms with van der Waals surface area (Å²) in [7, 11) is 0. The number of aromatic nitrogens is 2. The predicted octanol–water partition coefficient (Wildman–Crippen LogP) is 9.62. The van der Waals surface area contributed by atoms with E-state index in [0.29, 0.717) is 0 Å². The molecule has 0 aliphatic heterocycles. The molecule has 41 heavy (non-hydrogen) atoms. The van der Waals surface area contributed by atoms with Gasteiger partial charge in [-0.3, -0.25) is 0 Å². The number of rotatable bonds is 3. The second-order valence-corrected chi connectivity index (χ2v) is 12.5. The van der Waals surface area contributed by atoms with Gasteiger partial charge in [0.2, 0.25) is 0 Å².